The number of hydrogen-bond acceptors (Lipinski definition) is 6. The number of furan rings is 1. The van der Waals surface area contributed by atoms with E-state index in [-0.39, 0.29) is 11.7 Å². The molecule has 0 fully saturated rings. The highest BCUT2D eigenvalue weighted by Gasteiger charge is 2.17. The summed E-state index contributed by atoms with van der Waals surface area (Å²) in [7, 11) is 0. The molecule has 0 radical (unpaired) electrons. The number of hydrogen-bond donors (Lipinski definition) is 3. The lowest BCUT2D eigenvalue weighted by Crippen LogP contribution is -2.24. The van der Waals surface area contributed by atoms with Gasteiger partial charge in [-0.2, -0.15) is 0 Å². The first kappa shape index (κ1) is 22.2. The van der Waals surface area contributed by atoms with E-state index >= 15 is 0 Å². The van der Waals surface area contributed by atoms with Crippen LogP contribution in [-0.4, -0.2) is 32.5 Å². The molecular weight excluding hydrogens is 440 g/mol. The Morgan fingerprint density at radius 1 is 0.970 bits per heavy atom. The summed E-state index contributed by atoms with van der Waals surface area (Å²) in [5.74, 6) is 1.28. The minimum Gasteiger partial charge on any atom is -0.461 e. The molecule has 2 aromatic heterocycles. The first-order chi connectivity index (χ1) is 16.1. The molecular formula is C23H22N6O3S. The number of thioether (sulfide) groups is 1. The van der Waals surface area contributed by atoms with Gasteiger partial charge in [0.15, 0.2) is 10.9 Å². The van der Waals surface area contributed by atoms with Crippen LogP contribution in [0.4, 0.5) is 10.5 Å². The van der Waals surface area contributed by atoms with E-state index in [1.54, 1.807) is 24.5 Å². The Balaban J connectivity index is 1.38. The minimum atomic E-state index is -0.622. The third-order valence-corrected chi connectivity index (χ3v) is 5.65. The molecule has 33 heavy (non-hydrogen) atoms. The van der Waals surface area contributed by atoms with Gasteiger partial charge in [0.2, 0.25) is 11.7 Å². The van der Waals surface area contributed by atoms with E-state index < -0.39 is 6.03 Å². The molecule has 4 N–H and O–H groups in total. The number of carbonyl (C=O) groups is 2. The van der Waals surface area contributed by atoms with E-state index in [0.717, 1.165) is 11.1 Å². The Morgan fingerprint density at radius 2 is 1.76 bits per heavy atom. The Labute approximate surface area is 194 Å². The van der Waals surface area contributed by atoms with Crippen molar-refractivity contribution in [1.82, 2.24) is 20.1 Å². The molecule has 0 saturated carbocycles. The molecule has 0 spiro atoms. The third kappa shape index (κ3) is 6.01. The van der Waals surface area contributed by atoms with E-state index in [2.05, 4.69) is 20.8 Å². The third-order valence-electron chi connectivity index (χ3n) is 4.69. The average molecular weight is 463 g/mol. The average Bonchev–Trinajstić information content (AvgIpc) is 3.48. The van der Waals surface area contributed by atoms with Crippen LogP contribution in [0.1, 0.15) is 11.1 Å². The van der Waals surface area contributed by atoms with Crippen LogP contribution in [0.15, 0.2) is 82.6 Å². The number of anilines is 1. The van der Waals surface area contributed by atoms with Crippen LogP contribution in [0, 0.1) is 0 Å². The van der Waals surface area contributed by atoms with Crippen LogP contribution in [-0.2, 0) is 17.9 Å². The molecule has 0 unspecified atom stereocenters. The fourth-order valence-electron chi connectivity index (χ4n) is 3.12. The quantitative estimate of drug-likeness (QED) is 0.327. The Hall–Kier alpha value is -4.05. The van der Waals surface area contributed by atoms with Crippen LogP contribution in [0.3, 0.4) is 0 Å². The summed E-state index contributed by atoms with van der Waals surface area (Å²) in [5, 5.41) is 14.6. The van der Waals surface area contributed by atoms with Gasteiger partial charge in [0, 0.05) is 12.2 Å². The fraction of sp³-hybridized carbons (Fsp3) is 0.130. The minimum absolute atomic E-state index is 0.131. The van der Waals surface area contributed by atoms with Gasteiger partial charge < -0.3 is 20.8 Å². The molecule has 0 aliphatic carbocycles. The predicted molar refractivity (Wildman–Crippen MR) is 125 cm³/mol. The van der Waals surface area contributed by atoms with E-state index in [1.165, 1.54) is 11.8 Å². The van der Waals surface area contributed by atoms with Crippen molar-refractivity contribution in [3.05, 3.63) is 84.1 Å². The van der Waals surface area contributed by atoms with Crippen LogP contribution in [0.5, 0.6) is 0 Å². The van der Waals surface area contributed by atoms with Crippen LogP contribution >= 0.6 is 11.8 Å². The van der Waals surface area contributed by atoms with Gasteiger partial charge in [0.1, 0.15) is 0 Å². The standard InChI is InChI=1S/C23H22N6O3S/c24-22(31)26-18-10-8-16(9-11-18)13-25-20(30)15-33-23-28-27-21(19-7-4-12-32-19)29(23)14-17-5-2-1-3-6-17/h1-12H,13-15H2,(H,25,30)(H3,24,26,31). The van der Waals surface area contributed by atoms with E-state index in [0.29, 0.717) is 35.5 Å². The number of primary amides is 1. The lowest BCUT2D eigenvalue weighted by molar-refractivity contribution is -0.118. The summed E-state index contributed by atoms with van der Waals surface area (Å²) >= 11 is 1.31. The van der Waals surface area contributed by atoms with Crippen LogP contribution in [0.25, 0.3) is 11.6 Å². The number of benzene rings is 2. The first-order valence-corrected chi connectivity index (χ1v) is 11.1. The number of carbonyl (C=O) groups excluding carboxylic acids is 2. The van der Waals surface area contributed by atoms with E-state index in [4.69, 9.17) is 10.2 Å². The zero-order chi connectivity index (χ0) is 23.0. The molecule has 4 rings (SSSR count). The Bertz CT molecular complexity index is 1210. The molecule has 3 amide bonds. The van der Waals surface area contributed by atoms with Crippen molar-refractivity contribution in [3.8, 4) is 11.6 Å². The second-order valence-corrected chi connectivity index (χ2v) is 8.05. The second kappa shape index (κ2) is 10.5. The van der Waals surface area contributed by atoms with E-state index in [9.17, 15) is 9.59 Å². The SMILES string of the molecule is NC(=O)Nc1ccc(CNC(=O)CSc2nnc(-c3ccco3)n2Cc2ccccc2)cc1. The number of aromatic nitrogens is 3. The zero-order valence-corrected chi connectivity index (χ0v) is 18.4. The highest BCUT2D eigenvalue weighted by atomic mass is 32.2. The van der Waals surface area contributed by atoms with Crippen molar-refractivity contribution in [2.24, 2.45) is 5.73 Å². The molecule has 0 aliphatic heterocycles. The summed E-state index contributed by atoms with van der Waals surface area (Å²) < 4.78 is 7.45. The second-order valence-electron chi connectivity index (χ2n) is 7.11. The Morgan fingerprint density at radius 3 is 2.45 bits per heavy atom. The maximum absolute atomic E-state index is 12.4. The van der Waals surface area contributed by atoms with Crippen molar-refractivity contribution >= 4 is 29.4 Å². The monoisotopic (exact) mass is 462 g/mol. The maximum atomic E-state index is 12.4. The zero-order valence-electron chi connectivity index (χ0n) is 17.6. The van der Waals surface area contributed by atoms with Crippen LogP contribution in [0.2, 0.25) is 0 Å². The first-order valence-electron chi connectivity index (χ1n) is 10.1. The van der Waals surface area contributed by atoms with E-state index in [1.807, 2.05) is 53.1 Å². The van der Waals surface area contributed by atoms with Crippen molar-refractivity contribution in [1.29, 1.82) is 0 Å². The summed E-state index contributed by atoms with van der Waals surface area (Å²) in [6.45, 7) is 0.921. The van der Waals surface area contributed by atoms with Gasteiger partial charge in [0.25, 0.3) is 0 Å². The molecule has 0 atom stereocenters. The van der Waals surface area contributed by atoms with Gasteiger partial charge in [-0.25, -0.2) is 4.79 Å². The van der Waals surface area contributed by atoms with Gasteiger partial charge in [-0.05, 0) is 35.4 Å². The molecule has 2 heterocycles. The highest BCUT2D eigenvalue weighted by Crippen LogP contribution is 2.25. The van der Waals surface area contributed by atoms with Crippen molar-refractivity contribution in [2.45, 2.75) is 18.2 Å². The van der Waals surface area contributed by atoms with Gasteiger partial charge in [-0.15, -0.1) is 10.2 Å². The topological polar surface area (TPSA) is 128 Å². The van der Waals surface area contributed by atoms with Gasteiger partial charge >= 0.3 is 6.03 Å². The largest absolute Gasteiger partial charge is 0.461 e. The predicted octanol–water partition coefficient (Wildman–Crippen LogP) is 3.49. The van der Waals surface area contributed by atoms with Gasteiger partial charge in [-0.3, -0.25) is 9.36 Å². The lowest BCUT2D eigenvalue weighted by Gasteiger charge is -2.10. The summed E-state index contributed by atoms with van der Waals surface area (Å²) in [5.41, 5.74) is 7.68. The molecule has 168 valence electrons. The maximum Gasteiger partial charge on any atom is 0.316 e. The van der Waals surface area contributed by atoms with Crippen molar-refractivity contribution in [3.63, 3.8) is 0 Å². The Kier molecular flexibility index (Phi) is 7.06. The summed E-state index contributed by atoms with van der Waals surface area (Å²) in [6.07, 6.45) is 1.59. The smallest absolute Gasteiger partial charge is 0.316 e. The number of rotatable bonds is 9. The molecule has 2 aromatic carbocycles. The van der Waals surface area contributed by atoms with Gasteiger partial charge in [-0.1, -0.05) is 54.2 Å². The number of nitrogens with two attached hydrogens (primary N) is 1. The number of urea groups is 1. The lowest BCUT2D eigenvalue weighted by atomic mass is 10.2. The van der Waals surface area contributed by atoms with Gasteiger partial charge in [0.05, 0.1) is 18.6 Å². The fourth-order valence-corrected chi connectivity index (χ4v) is 3.89. The number of nitrogens with one attached hydrogen (secondary N) is 2. The van der Waals surface area contributed by atoms with Crippen molar-refractivity contribution in [2.75, 3.05) is 11.1 Å². The molecule has 4 aromatic rings. The summed E-state index contributed by atoms with van der Waals surface area (Å²) in [4.78, 5) is 23.3. The number of nitrogens with zero attached hydrogens (tertiary/aromatic N) is 3. The molecule has 0 aliphatic rings. The number of amides is 3. The molecule has 0 bridgehead atoms. The van der Waals surface area contributed by atoms with Crippen LogP contribution < -0.4 is 16.4 Å². The summed E-state index contributed by atoms with van der Waals surface area (Å²) in [6, 6.07) is 20.0. The molecule has 10 heteroatoms. The molecule has 0 saturated heterocycles. The van der Waals surface area contributed by atoms with Crippen molar-refractivity contribution < 1.29 is 14.0 Å². The molecule has 9 nitrogen and oxygen atoms in total. The normalized spacial score (nSPS) is 10.7. The highest BCUT2D eigenvalue weighted by molar-refractivity contribution is 7.99.